The molecule has 2 amide bonds. The molecule has 2 aromatic carbocycles. The first-order valence-corrected chi connectivity index (χ1v) is 8.01. The van der Waals surface area contributed by atoms with Gasteiger partial charge in [-0.25, -0.2) is 0 Å². The number of hydrogen-bond acceptors (Lipinski definition) is 2. The molecule has 0 bridgehead atoms. The SMILES string of the molecule is CCc1ccc(/C=C/C(=O)NNC(=O)c2ccccc2Br)cc1. The molecule has 4 nitrogen and oxygen atoms in total. The molecule has 0 saturated heterocycles. The summed E-state index contributed by atoms with van der Waals surface area (Å²) in [7, 11) is 0. The zero-order chi connectivity index (χ0) is 16.7. The van der Waals surface area contributed by atoms with Gasteiger partial charge in [-0.15, -0.1) is 0 Å². The van der Waals surface area contributed by atoms with E-state index in [1.807, 2.05) is 30.3 Å². The van der Waals surface area contributed by atoms with Crippen LogP contribution in [0.3, 0.4) is 0 Å². The maximum atomic E-state index is 11.9. The van der Waals surface area contributed by atoms with Gasteiger partial charge < -0.3 is 0 Å². The van der Waals surface area contributed by atoms with Gasteiger partial charge in [-0.3, -0.25) is 20.4 Å². The summed E-state index contributed by atoms with van der Waals surface area (Å²) in [5.41, 5.74) is 7.35. The van der Waals surface area contributed by atoms with Crippen molar-refractivity contribution < 1.29 is 9.59 Å². The highest BCUT2D eigenvalue weighted by atomic mass is 79.9. The van der Waals surface area contributed by atoms with Gasteiger partial charge in [0.05, 0.1) is 5.56 Å². The van der Waals surface area contributed by atoms with E-state index < -0.39 is 5.91 Å². The minimum absolute atomic E-state index is 0.383. The Labute approximate surface area is 143 Å². The second kappa shape index (κ2) is 8.29. The summed E-state index contributed by atoms with van der Waals surface area (Å²) in [6.07, 6.45) is 4.05. The number of rotatable bonds is 4. The normalized spacial score (nSPS) is 10.5. The summed E-state index contributed by atoms with van der Waals surface area (Å²) in [6.45, 7) is 2.09. The summed E-state index contributed by atoms with van der Waals surface area (Å²) in [6, 6.07) is 14.9. The summed E-state index contributed by atoms with van der Waals surface area (Å²) < 4.78 is 0.665. The van der Waals surface area contributed by atoms with Crippen LogP contribution in [-0.2, 0) is 11.2 Å². The standard InChI is InChI=1S/C18H17BrN2O2/c1-2-13-7-9-14(10-8-13)11-12-17(22)20-21-18(23)15-5-3-4-6-16(15)19/h3-12H,2H2,1H3,(H,20,22)(H,21,23)/b12-11+. The number of aryl methyl sites for hydroxylation is 1. The van der Waals surface area contributed by atoms with Crippen LogP contribution in [0.1, 0.15) is 28.4 Å². The molecule has 0 aromatic heterocycles. The summed E-state index contributed by atoms with van der Waals surface area (Å²) >= 11 is 3.29. The van der Waals surface area contributed by atoms with Gasteiger partial charge in [-0.1, -0.05) is 43.3 Å². The van der Waals surface area contributed by atoms with E-state index in [0.29, 0.717) is 10.0 Å². The lowest BCUT2D eigenvalue weighted by molar-refractivity contribution is -0.117. The summed E-state index contributed by atoms with van der Waals surface area (Å²) in [5.74, 6) is -0.781. The maximum Gasteiger partial charge on any atom is 0.270 e. The van der Waals surface area contributed by atoms with E-state index in [4.69, 9.17) is 0 Å². The fraction of sp³-hybridized carbons (Fsp3) is 0.111. The largest absolute Gasteiger partial charge is 0.270 e. The second-order valence-electron chi connectivity index (χ2n) is 4.85. The molecule has 5 heteroatoms. The number of nitrogens with one attached hydrogen (secondary N) is 2. The third-order valence-electron chi connectivity index (χ3n) is 3.23. The number of hydrazine groups is 1. The fourth-order valence-electron chi connectivity index (χ4n) is 1.91. The van der Waals surface area contributed by atoms with E-state index in [0.717, 1.165) is 12.0 Å². The number of hydrogen-bond donors (Lipinski definition) is 2. The zero-order valence-corrected chi connectivity index (χ0v) is 14.3. The molecule has 2 N–H and O–H groups in total. The van der Waals surface area contributed by atoms with Crippen LogP contribution >= 0.6 is 15.9 Å². The van der Waals surface area contributed by atoms with Crippen LogP contribution < -0.4 is 10.9 Å². The maximum absolute atomic E-state index is 11.9. The Bertz CT molecular complexity index is 724. The van der Waals surface area contributed by atoms with Crippen LogP contribution in [0.4, 0.5) is 0 Å². The van der Waals surface area contributed by atoms with E-state index in [9.17, 15) is 9.59 Å². The molecule has 118 valence electrons. The topological polar surface area (TPSA) is 58.2 Å². The van der Waals surface area contributed by atoms with Gasteiger partial charge in [0, 0.05) is 10.5 Å². The Balaban J connectivity index is 1.88. The van der Waals surface area contributed by atoms with Crippen molar-refractivity contribution in [1.82, 2.24) is 10.9 Å². The first-order valence-electron chi connectivity index (χ1n) is 7.22. The second-order valence-corrected chi connectivity index (χ2v) is 5.71. The minimum atomic E-state index is -0.398. The van der Waals surface area contributed by atoms with Gasteiger partial charge in [0.2, 0.25) is 0 Å². The van der Waals surface area contributed by atoms with Gasteiger partial charge in [0.1, 0.15) is 0 Å². The molecule has 23 heavy (non-hydrogen) atoms. The molecule has 0 aliphatic heterocycles. The van der Waals surface area contributed by atoms with Crippen molar-refractivity contribution in [2.75, 3.05) is 0 Å². The van der Waals surface area contributed by atoms with Crippen LogP contribution in [0.15, 0.2) is 59.1 Å². The van der Waals surface area contributed by atoms with Crippen molar-refractivity contribution in [2.45, 2.75) is 13.3 Å². The minimum Gasteiger partial charge on any atom is -0.268 e. The monoisotopic (exact) mass is 372 g/mol. The summed E-state index contributed by atoms with van der Waals surface area (Å²) in [5, 5.41) is 0. The molecule has 0 spiro atoms. The van der Waals surface area contributed by atoms with Gasteiger partial charge in [-0.2, -0.15) is 0 Å². The summed E-state index contributed by atoms with van der Waals surface area (Å²) in [4.78, 5) is 23.7. The van der Waals surface area contributed by atoms with Gasteiger partial charge in [0.15, 0.2) is 0 Å². The predicted molar refractivity (Wildman–Crippen MR) is 94.6 cm³/mol. The molecule has 0 saturated carbocycles. The Kier molecular flexibility index (Phi) is 6.11. The molecule has 0 unspecified atom stereocenters. The quantitative estimate of drug-likeness (QED) is 0.637. The van der Waals surface area contributed by atoms with Crippen molar-refractivity contribution in [3.8, 4) is 0 Å². The Hall–Kier alpha value is -2.40. The van der Waals surface area contributed by atoms with E-state index in [1.54, 1.807) is 24.3 Å². The first kappa shape index (κ1) is 17.0. The molecule has 0 heterocycles. The van der Waals surface area contributed by atoms with Crippen LogP contribution in [0.5, 0.6) is 0 Å². The fourth-order valence-corrected chi connectivity index (χ4v) is 2.37. The van der Waals surface area contributed by atoms with Gasteiger partial charge in [-0.05, 0) is 51.7 Å². The molecule has 0 aliphatic rings. The number of carbonyl (C=O) groups is 2. The zero-order valence-electron chi connectivity index (χ0n) is 12.7. The van der Waals surface area contributed by atoms with Crippen molar-refractivity contribution >= 4 is 33.8 Å². The lowest BCUT2D eigenvalue weighted by Crippen LogP contribution is -2.40. The Morgan fingerprint density at radius 3 is 2.39 bits per heavy atom. The predicted octanol–water partition coefficient (Wildman–Crippen LogP) is 3.49. The van der Waals surface area contributed by atoms with Crippen LogP contribution in [-0.4, -0.2) is 11.8 Å². The number of halogens is 1. The smallest absolute Gasteiger partial charge is 0.268 e. The molecule has 0 atom stereocenters. The third kappa shape index (κ3) is 5.07. The molecule has 2 aromatic rings. The van der Waals surface area contributed by atoms with E-state index in [-0.39, 0.29) is 5.91 Å². The Morgan fingerprint density at radius 2 is 1.74 bits per heavy atom. The van der Waals surface area contributed by atoms with Crippen molar-refractivity contribution in [3.63, 3.8) is 0 Å². The molecule has 0 aliphatic carbocycles. The van der Waals surface area contributed by atoms with Crippen LogP contribution in [0.2, 0.25) is 0 Å². The van der Waals surface area contributed by atoms with Crippen molar-refractivity contribution in [3.05, 3.63) is 75.8 Å². The highest BCUT2D eigenvalue weighted by molar-refractivity contribution is 9.10. The average molecular weight is 373 g/mol. The van der Waals surface area contributed by atoms with Gasteiger partial charge in [0.25, 0.3) is 11.8 Å². The van der Waals surface area contributed by atoms with E-state index in [2.05, 4.69) is 33.7 Å². The molecule has 0 radical (unpaired) electrons. The highest BCUT2D eigenvalue weighted by Gasteiger charge is 2.08. The van der Waals surface area contributed by atoms with E-state index >= 15 is 0 Å². The van der Waals surface area contributed by atoms with Crippen LogP contribution in [0, 0.1) is 0 Å². The van der Waals surface area contributed by atoms with Gasteiger partial charge >= 0.3 is 0 Å². The van der Waals surface area contributed by atoms with E-state index in [1.165, 1.54) is 11.6 Å². The lowest BCUT2D eigenvalue weighted by atomic mass is 10.1. The van der Waals surface area contributed by atoms with Crippen LogP contribution in [0.25, 0.3) is 6.08 Å². The molecule has 2 rings (SSSR count). The van der Waals surface area contributed by atoms with Crippen molar-refractivity contribution in [1.29, 1.82) is 0 Å². The third-order valence-corrected chi connectivity index (χ3v) is 3.92. The molecular formula is C18H17BrN2O2. The van der Waals surface area contributed by atoms with Crippen molar-refractivity contribution in [2.24, 2.45) is 0 Å². The molecule has 0 fully saturated rings. The number of carbonyl (C=O) groups excluding carboxylic acids is 2. The lowest BCUT2D eigenvalue weighted by Gasteiger charge is -2.06. The first-order chi connectivity index (χ1) is 11.1. The Morgan fingerprint density at radius 1 is 1.04 bits per heavy atom. The average Bonchev–Trinajstić information content (AvgIpc) is 2.58. The highest BCUT2D eigenvalue weighted by Crippen LogP contribution is 2.15. The number of benzene rings is 2. The number of amides is 2. The molecular weight excluding hydrogens is 356 g/mol.